The van der Waals surface area contributed by atoms with E-state index < -0.39 is 37.5 Å². The van der Waals surface area contributed by atoms with Crippen molar-refractivity contribution in [1.82, 2.24) is 4.90 Å². The van der Waals surface area contributed by atoms with Gasteiger partial charge >= 0.3 is 85.2 Å². The predicted molar refractivity (Wildman–Crippen MR) is 45.1 cm³/mol. The Hall–Kier alpha value is 0.630. The van der Waals surface area contributed by atoms with Gasteiger partial charge < -0.3 is 15.3 Å². The van der Waals surface area contributed by atoms with Crippen LogP contribution in [-0.4, -0.2) is 95.5 Å². The Morgan fingerprint density at radius 3 is 1.13 bits per heavy atom. The van der Waals surface area contributed by atoms with Crippen LogP contribution in [0.25, 0.3) is 0 Å². The number of carboxylic acids is 3. The van der Waals surface area contributed by atoms with Gasteiger partial charge in [0, 0.05) is 0 Å². The molecule has 0 aliphatic carbocycles. The topological polar surface area (TPSA) is 115 Å². The van der Waals surface area contributed by atoms with Gasteiger partial charge in [0.1, 0.15) is 0 Å². The fourth-order valence-corrected chi connectivity index (χ4v) is 0.742. The predicted octanol–water partition coefficient (Wildman–Crippen LogP) is -4.83. The molecule has 0 heterocycles. The molecule has 0 aromatic carbocycles. The number of carbonyl (C=O) groups is 3. The molecular weight excluding hydrogens is 245 g/mol. The van der Waals surface area contributed by atoms with Gasteiger partial charge in [0.05, 0.1) is 19.6 Å². The van der Waals surface area contributed by atoms with Gasteiger partial charge in [0.2, 0.25) is 0 Å². The normalized spacial score (nSPS) is 8.60. The molecule has 0 radical (unpaired) electrons. The minimum absolute atomic E-state index is 0. The second-order valence-electron chi connectivity index (χ2n) is 2.33. The standard InChI is InChI=1S/C6H9NO6.Ca.Na/c8-4(9)1-7(2-5(10)11)3-6(12)13;;/h1-3H2,(H,8,9)(H,10,11)(H,12,13);;/q;+2;+1. The molecule has 0 amide bonds. The van der Waals surface area contributed by atoms with Crippen molar-refractivity contribution in [2.75, 3.05) is 19.6 Å². The zero-order valence-corrected chi connectivity index (χ0v) is 12.6. The molecule has 0 atom stereocenters. The van der Waals surface area contributed by atoms with E-state index >= 15 is 0 Å². The van der Waals surface area contributed by atoms with Gasteiger partial charge in [-0.05, 0) is 0 Å². The van der Waals surface area contributed by atoms with Gasteiger partial charge in [-0.15, -0.1) is 0 Å². The molecule has 74 valence electrons. The Labute approximate surface area is 138 Å². The van der Waals surface area contributed by atoms with Crippen molar-refractivity contribution in [3.8, 4) is 0 Å². The van der Waals surface area contributed by atoms with E-state index in [1.165, 1.54) is 0 Å². The second kappa shape index (κ2) is 11.1. The summed E-state index contributed by atoms with van der Waals surface area (Å²) in [6, 6.07) is 0. The molecule has 0 aliphatic heterocycles. The van der Waals surface area contributed by atoms with Crippen LogP contribution in [0.5, 0.6) is 0 Å². The Morgan fingerprint density at radius 1 is 0.800 bits per heavy atom. The molecule has 0 aromatic heterocycles. The molecule has 0 aliphatic rings. The van der Waals surface area contributed by atoms with Crippen LogP contribution >= 0.6 is 0 Å². The number of nitrogens with zero attached hydrogens (tertiary/aromatic N) is 1. The molecule has 0 saturated heterocycles. The third kappa shape index (κ3) is 14.6. The minimum Gasteiger partial charge on any atom is -0.480 e. The third-order valence-corrected chi connectivity index (χ3v) is 1.08. The minimum atomic E-state index is -1.26. The third-order valence-electron chi connectivity index (χ3n) is 1.08. The summed E-state index contributed by atoms with van der Waals surface area (Å²) in [7, 11) is 0. The van der Waals surface area contributed by atoms with Crippen molar-refractivity contribution in [3.05, 3.63) is 0 Å². The van der Waals surface area contributed by atoms with E-state index in [1.54, 1.807) is 0 Å². The fraction of sp³-hybridized carbons (Fsp3) is 0.500. The first kappa shape index (κ1) is 21.0. The van der Waals surface area contributed by atoms with Gasteiger partial charge in [-0.3, -0.25) is 19.3 Å². The van der Waals surface area contributed by atoms with Crippen molar-refractivity contribution in [3.63, 3.8) is 0 Å². The number of carboxylic acid groups (broad SMARTS) is 3. The average Bonchev–Trinajstić information content (AvgIpc) is 1.80. The summed E-state index contributed by atoms with van der Waals surface area (Å²) in [5.74, 6) is -3.78. The first-order chi connectivity index (χ1) is 5.91. The molecule has 7 nitrogen and oxygen atoms in total. The first-order valence-corrected chi connectivity index (χ1v) is 3.29. The second-order valence-corrected chi connectivity index (χ2v) is 2.33. The molecular formula is C6H9CaNNaO6+3. The molecule has 3 N–H and O–H groups in total. The van der Waals surface area contributed by atoms with Gasteiger partial charge in [0.15, 0.2) is 0 Å². The van der Waals surface area contributed by atoms with Gasteiger partial charge in [-0.25, -0.2) is 0 Å². The quantitative estimate of drug-likeness (QED) is 0.407. The summed E-state index contributed by atoms with van der Waals surface area (Å²) in [6.45, 7) is -1.80. The first-order valence-electron chi connectivity index (χ1n) is 3.29. The molecule has 0 unspecified atom stereocenters. The summed E-state index contributed by atoms with van der Waals surface area (Å²) in [5, 5.41) is 24.8. The van der Waals surface area contributed by atoms with Crippen molar-refractivity contribution in [2.24, 2.45) is 0 Å². The van der Waals surface area contributed by atoms with Crippen LogP contribution in [-0.2, 0) is 14.4 Å². The number of rotatable bonds is 6. The monoisotopic (exact) mass is 254 g/mol. The smallest absolute Gasteiger partial charge is 0.480 e. The van der Waals surface area contributed by atoms with E-state index in [0.717, 1.165) is 4.90 Å². The van der Waals surface area contributed by atoms with E-state index in [1.807, 2.05) is 0 Å². The van der Waals surface area contributed by atoms with Crippen LogP contribution in [0.2, 0.25) is 0 Å². The van der Waals surface area contributed by atoms with Crippen molar-refractivity contribution >= 4 is 55.6 Å². The van der Waals surface area contributed by atoms with E-state index in [-0.39, 0.29) is 67.3 Å². The van der Waals surface area contributed by atoms with Crippen LogP contribution in [0.1, 0.15) is 0 Å². The Bertz CT molecular complexity index is 198. The number of hydrogen-bond acceptors (Lipinski definition) is 4. The Morgan fingerprint density at radius 2 is 1.00 bits per heavy atom. The summed E-state index contributed by atoms with van der Waals surface area (Å²) in [6.07, 6.45) is 0. The van der Waals surface area contributed by atoms with Gasteiger partial charge in [-0.2, -0.15) is 0 Å². The maximum Gasteiger partial charge on any atom is 2.00 e. The zero-order chi connectivity index (χ0) is 10.4. The van der Waals surface area contributed by atoms with Crippen molar-refractivity contribution in [2.45, 2.75) is 0 Å². The summed E-state index contributed by atoms with van der Waals surface area (Å²) in [4.78, 5) is 31.2. The number of aliphatic carboxylic acids is 3. The fourth-order valence-electron chi connectivity index (χ4n) is 0.742. The van der Waals surface area contributed by atoms with Gasteiger partial charge in [-0.1, -0.05) is 0 Å². The SMILES string of the molecule is O=C(O)CN(CC(=O)O)CC(=O)O.[Ca+2].[Na+]. The zero-order valence-electron chi connectivity index (χ0n) is 8.34. The Balaban J connectivity index is -0.000000720. The maximum absolute atomic E-state index is 10.1. The van der Waals surface area contributed by atoms with E-state index in [0.29, 0.717) is 0 Å². The molecule has 0 aromatic rings. The summed E-state index contributed by atoms with van der Waals surface area (Å²) < 4.78 is 0. The molecule has 0 fully saturated rings. The van der Waals surface area contributed by atoms with E-state index in [4.69, 9.17) is 15.3 Å². The van der Waals surface area contributed by atoms with Crippen molar-refractivity contribution in [1.29, 1.82) is 0 Å². The molecule has 0 bridgehead atoms. The summed E-state index contributed by atoms with van der Waals surface area (Å²) in [5.41, 5.74) is 0. The maximum atomic E-state index is 10.1. The molecule has 0 rings (SSSR count). The van der Waals surface area contributed by atoms with Gasteiger partial charge in [0.25, 0.3) is 0 Å². The van der Waals surface area contributed by atoms with Crippen LogP contribution in [0.15, 0.2) is 0 Å². The Kier molecular flexibility index (Phi) is 15.6. The number of hydrogen-bond donors (Lipinski definition) is 3. The van der Waals surface area contributed by atoms with Crippen LogP contribution in [0.4, 0.5) is 0 Å². The van der Waals surface area contributed by atoms with E-state index in [9.17, 15) is 14.4 Å². The summed E-state index contributed by atoms with van der Waals surface area (Å²) >= 11 is 0. The van der Waals surface area contributed by atoms with Crippen LogP contribution < -0.4 is 29.6 Å². The molecule has 9 heteroatoms. The van der Waals surface area contributed by atoms with E-state index in [2.05, 4.69) is 0 Å². The molecule has 0 saturated carbocycles. The average molecular weight is 254 g/mol. The molecule has 0 spiro atoms. The van der Waals surface area contributed by atoms with Crippen LogP contribution in [0.3, 0.4) is 0 Å². The van der Waals surface area contributed by atoms with Crippen LogP contribution in [0, 0.1) is 0 Å². The van der Waals surface area contributed by atoms with Crippen molar-refractivity contribution < 1.29 is 59.3 Å². The largest absolute Gasteiger partial charge is 2.00 e. The molecule has 15 heavy (non-hydrogen) atoms.